The highest BCUT2D eigenvalue weighted by Crippen LogP contribution is 2.37. The van der Waals surface area contributed by atoms with Crippen molar-refractivity contribution < 1.29 is 8.78 Å². The van der Waals surface area contributed by atoms with Crippen LogP contribution >= 0.6 is 47.8 Å². The van der Waals surface area contributed by atoms with Crippen LogP contribution in [0.5, 0.6) is 0 Å². The van der Waals surface area contributed by atoms with Gasteiger partial charge in [-0.25, -0.2) is 8.78 Å². The van der Waals surface area contributed by atoms with Crippen LogP contribution in [0.25, 0.3) is 0 Å². The van der Waals surface area contributed by atoms with Gasteiger partial charge in [0.1, 0.15) is 11.6 Å². The van der Waals surface area contributed by atoms with Gasteiger partial charge in [0, 0.05) is 20.6 Å². The lowest BCUT2D eigenvalue weighted by Gasteiger charge is -2.14. The summed E-state index contributed by atoms with van der Waals surface area (Å²) < 4.78 is 28.4. The van der Waals surface area contributed by atoms with Crippen LogP contribution in [0.3, 0.4) is 0 Å². The van der Waals surface area contributed by atoms with E-state index in [1.54, 1.807) is 0 Å². The fourth-order valence-corrected chi connectivity index (χ4v) is 3.50. The number of hydrogen-bond acceptors (Lipinski definition) is 0. The molecule has 94 valence electrons. The van der Waals surface area contributed by atoms with Crippen LogP contribution in [-0.4, -0.2) is 0 Å². The molecule has 0 spiro atoms. The number of alkyl halides is 1. The third-order valence-corrected chi connectivity index (χ3v) is 4.67. The normalized spacial score (nSPS) is 12.5. The summed E-state index contributed by atoms with van der Waals surface area (Å²) >= 11 is 10.2. The summed E-state index contributed by atoms with van der Waals surface area (Å²) in [5.41, 5.74) is 1.27. The highest BCUT2D eigenvalue weighted by molar-refractivity contribution is 9.11. The molecular weight excluding hydrogens is 434 g/mol. The van der Waals surface area contributed by atoms with E-state index in [-0.39, 0.29) is 4.83 Å². The van der Waals surface area contributed by atoms with E-state index in [0.29, 0.717) is 5.56 Å². The Kier molecular flexibility index (Phi) is 4.56. The van der Waals surface area contributed by atoms with E-state index in [1.165, 1.54) is 12.1 Å². The van der Waals surface area contributed by atoms with Gasteiger partial charge in [-0.2, -0.15) is 0 Å². The van der Waals surface area contributed by atoms with Crippen molar-refractivity contribution in [1.82, 2.24) is 0 Å². The van der Waals surface area contributed by atoms with Crippen molar-refractivity contribution in [3.8, 4) is 0 Å². The molecular formula is C13H7Br3F2. The van der Waals surface area contributed by atoms with Crippen LogP contribution in [0.1, 0.15) is 16.0 Å². The fraction of sp³-hybridized carbons (Fsp3) is 0.0769. The molecule has 0 radical (unpaired) electrons. The number of hydrogen-bond donors (Lipinski definition) is 0. The number of rotatable bonds is 2. The monoisotopic (exact) mass is 438 g/mol. The van der Waals surface area contributed by atoms with E-state index >= 15 is 0 Å². The first-order chi connectivity index (χ1) is 8.49. The third-order valence-electron chi connectivity index (χ3n) is 2.47. The molecule has 0 aliphatic heterocycles. The quantitative estimate of drug-likeness (QED) is 0.504. The van der Waals surface area contributed by atoms with E-state index < -0.39 is 11.6 Å². The largest absolute Gasteiger partial charge is 0.207 e. The molecule has 1 atom stereocenters. The predicted octanol–water partition coefficient (Wildman–Crippen LogP) is 5.97. The minimum absolute atomic E-state index is 0.343. The Morgan fingerprint density at radius 2 is 1.61 bits per heavy atom. The van der Waals surface area contributed by atoms with Gasteiger partial charge in [0.05, 0.1) is 4.83 Å². The Balaban J connectivity index is 2.47. The Morgan fingerprint density at radius 3 is 2.28 bits per heavy atom. The first-order valence-corrected chi connectivity index (χ1v) is 7.53. The summed E-state index contributed by atoms with van der Waals surface area (Å²) in [5.74, 6) is -1.15. The maximum atomic E-state index is 13.7. The van der Waals surface area contributed by atoms with Crippen LogP contribution in [0.15, 0.2) is 45.3 Å². The molecule has 0 bridgehead atoms. The highest BCUT2D eigenvalue weighted by atomic mass is 79.9. The van der Waals surface area contributed by atoms with Crippen molar-refractivity contribution in [3.05, 3.63) is 68.1 Å². The van der Waals surface area contributed by atoms with Crippen LogP contribution < -0.4 is 0 Å². The molecule has 1 unspecified atom stereocenters. The van der Waals surface area contributed by atoms with Crippen LogP contribution in [-0.2, 0) is 0 Å². The lowest BCUT2D eigenvalue weighted by molar-refractivity contribution is 0.574. The van der Waals surface area contributed by atoms with Crippen molar-refractivity contribution >= 4 is 47.8 Å². The van der Waals surface area contributed by atoms with E-state index in [1.807, 2.05) is 18.2 Å². The van der Waals surface area contributed by atoms with Gasteiger partial charge in [0.15, 0.2) is 0 Å². The predicted molar refractivity (Wildman–Crippen MR) is 79.0 cm³/mol. The zero-order valence-corrected chi connectivity index (χ0v) is 13.7. The second-order valence-electron chi connectivity index (χ2n) is 3.69. The van der Waals surface area contributed by atoms with Crippen molar-refractivity contribution in [2.45, 2.75) is 4.83 Å². The first-order valence-electron chi connectivity index (χ1n) is 5.03. The fourth-order valence-electron chi connectivity index (χ4n) is 1.58. The van der Waals surface area contributed by atoms with E-state index in [4.69, 9.17) is 0 Å². The minimum atomic E-state index is -0.579. The van der Waals surface area contributed by atoms with Gasteiger partial charge in [-0.05, 0) is 29.8 Å². The summed E-state index contributed by atoms with van der Waals surface area (Å²) in [7, 11) is 0. The molecule has 0 N–H and O–H groups in total. The molecule has 0 heterocycles. The summed E-state index contributed by atoms with van der Waals surface area (Å²) in [6.07, 6.45) is 0. The van der Waals surface area contributed by atoms with Crippen molar-refractivity contribution in [1.29, 1.82) is 0 Å². The average Bonchev–Trinajstić information content (AvgIpc) is 2.31. The lowest BCUT2D eigenvalue weighted by atomic mass is 10.0. The second-order valence-corrected chi connectivity index (χ2v) is 6.38. The van der Waals surface area contributed by atoms with Crippen molar-refractivity contribution in [2.75, 3.05) is 0 Å². The topological polar surface area (TPSA) is 0 Å². The summed E-state index contributed by atoms with van der Waals surface area (Å²) in [4.78, 5) is -0.343. The number of benzene rings is 2. The molecule has 0 saturated carbocycles. The molecule has 0 aliphatic rings. The van der Waals surface area contributed by atoms with Gasteiger partial charge in [0.25, 0.3) is 0 Å². The smallest absolute Gasteiger partial charge is 0.130 e. The van der Waals surface area contributed by atoms with Crippen LogP contribution in [0.2, 0.25) is 0 Å². The van der Waals surface area contributed by atoms with E-state index in [2.05, 4.69) is 47.8 Å². The molecule has 2 aromatic carbocycles. The molecule has 0 amide bonds. The van der Waals surface area contributed by atoms with Gasteiger partial charge in [-0.1, -0.05) is 53.9 Å². The molecule has 0 aromatic heterocycles. The van der Waals surface area contributed by atoms with Gasteiger partial charge >= 0.3 is 0 Å². The van der Waals surface area contributed by atoms with E-state index in [0.717, 1.165) is 20.6 Å². The maximum absolute atomic E-state index is 13.7. The maximum Gasteiger partial charge on any atom is 0.130 e. The molecule has 0 saturated heterocycles. The third kappa shape index (κ3) is 3.00. The van der Waals surface area contributed by atoms with Crippen molar-refractivity contribution in [2.24, 2.45) is 0 Å². The number of halogens is 5. The highest BCUT2D eigenvalue weighted by Gasteiger charge is 2.18. The molecule has 0 aliphatic carbocycles. The Hall–Kier alpha value is -0.260. The SMILES string of the molecule is Fc1ccc(C(Br)c2cc(Br)ccc2Br)c(F)c1. The molecule has 0 nitrogen and oxygen atoms in total. The Bertz CT molecular complexity index is 584. The zero-order chi connectivity index (χ0) is 13.3. The summed E-state index contributed by atoms with van der Waals surface area (Å²) in [5, 5.41) is 0. The van der Waals surface area contributed by atoms with Gasteiger partial charge < -0.3 is 0 Å². The second kappa shape index (κ2) is 5.80. The minimum Gasteiger partial charge on any atom is -0.207 e. The standard InChI is InChI=1S/C13H7Br3F2/c14-7-1-4-11(15)10(5-7)13(16)9-3-2-8(17)6-12(9)18/h1-6,13H. The molecule has 2 rings (SSSR count). The molecule has 5 heteroatoms. The van der Waals surface area contributed by atoms with Crippen LogP contribution in [0.4, 0.5) is 8.78 Å². The molecule has 2 aromatic rings. The van der Waals surface area contributed by atoms with Gasteiger partial charge in [-0.15, -0.1) is 0 Å². The zero-order valence-electron chi connectivity index (χ0n) is 8.93. The molecule has 18 heavy (non-hydrogen) atoms. The Labute approximate surface area is 129 Å². The summed E-state index contributed by atoms with van der Waals surface area (Å²) in [6.45, 7) is 0. The van der Waals surface area contributed by atoms with Crippen LogP contribution in [0, 0.1) is 11.6 Å². The Morgan fingerprint density at radius 1 is 0.889 bits per heavy atom. The first kappa shape index (κ1) is 14.2. The van der Waals surface area contributed by atoms with E-state index in [9.17, 15) is 8.78 Å². The average molecular weight is 441 g/mol. The molecule has 0 fully saturated rings. The lowest BCUT2D eigenvalue weighted by Crippen LogP contribution is -1.98. The summed E-state index contributed by atoms with van der Waals surface area (Å²) in [6, 6.07) is 9.21. The van der Waals surface area contributed by atoms with Crippen molar-refractivity contribution in [3.63, 3.8) is 0 Å². The van der Waals surface area contributed by atoms with Gasteiger partial charge in [0.2, 0.25) is 0 Å². The van der Waals surface area contributed by atoms with Gasteiger partial charge in [-0.3, -0.25) is 0 Å².